The minimum absolute atomic E-state index is 0.170. The van der Waals surface area contributed by atoms with Gasteiger partial charge < -0.3 is 4.74 Å². The lowest BCUT2D eigenvalue weighted by Crippen LogP contribution is -2.07. The second-order valence-corrected chi connectivity index (χ2v) is 6.35. The number of nitrogens with zero attached hydrogens (tertiary/aromatic N) is 4. The zero-order valence-corrected chi connectivity index (χ0v) is 15.9. The molecule has 7 heteroatoms. The number of anilines is 2. The molecule has 0 unspecified atom stereocenters. The van der Waals surface area contributed by atoms with Crippen LogP contribution in [-0.2, 0) is 0 Å². The Labute approximate surface area is 161 Å². The van der Waals surface area contributed by atoms with Crippen LogP contribution < -0.4 is 15.6 Å². The van der Waals surface area contributed by atoms with Crippen molar-refractivity contribution in [1.29, 1.82) is 0 Å². The third-order valence-corrected chi connectivity index (χ3v) is 4.42. The molecule has 0 fully saturated rings. The van der Waals surface area contributed by atoms with Crippen molar-refractivity contribution in [3.05, 3.63) is 64.2 Å². The van der Waals surface area contributed by atoms with Gasteiger partial charge in [-0.1, -0.05) is 18.2 Å². The van der Waals surface area contributed by atoms with Crippen LogP contribution in [0.3, 0.4) is 0 Å². The zero-order valence-electron chi connectivity index (χ0n) is 15.9. The van der Waals surface area contributed by atoms with Crippen LogP contribution in [0.1, 0.15) is 18.3 Å². The number of aromatic nitrogens is 4. The lowest BCUT2D eigenvalue weighted by atomic mass is 10.1. The van der Waals surface area contributed by atoms with E-state index in [4.69, 9.17) is 4.74 Å². The van der Waals surface area contributed by atoms with Crippen molar-refractivity contribution < 1.29 is 4.74 Å². The van der Waals surface area contributed by atoms with Gasteiger partial charge in [-0.3, -0.25) is 10.1 Å². The Balaban J connectivity index is 1.78. The molecule has 2 aromatic carbocycles. The molecule has 0 spiro atoms. The number of aryl methyl sites for hydroxylation is 2. The van der Waals surface area contributed by atoms with Crippen molar-refractivity contribution in [2.75, 3.05) is 11.9 Å². The maximum atomic E-state index is 12.5. The fraction of sp³-hybridized carbons (Fsp3) is 0.190. The molecular weight excluding hydrogens is 354 g/mol. The molecule has 7 nitrogen and oxygen atoms in total. The monoisotopic (exact) mass is 373 g/mol. The lowest BCUT2D eigenvalue weighted by molar-refractivity contribution is 0.340. The van der Waals surface area contributed by atoms with Gasteiger partial charge in [0.1, 0.15) is 5.75 Å². The van der Waals surface area contributed by atoms with Crippen LogP contribution in [-0.4, -0.2) is 26.5 Å². The molecule has 0 radical (unpaired) electrons. The standard InChI is InChI=1S/C21H19N5O2/c1-4-28-14-9-10-18-17(11-14)13(3)23-20(24-18)26-21-22-12(2)15-7-5-6-8-16(15)19(27)25-21/h5-11H,4H2,1-3H3,(H,23,24,25,26,27). The second kappa shape index (κ2) is 7.19. The summed E-state index contributed by atoms with van der Waals surface area (Å²) in [6.45, 7) is 6.28. The predicted octanol–water partition coefficient (Wildman–Crippen LogP) is 3.69. The van der Waals surface area contributed by atoms with Gasteiger partial charge in [0, 0.05) is 16.5 Å². The van der Waals surface area contributed by atoms with E-state index in [1.165, 1.54) is 0 Å². The smallest absolute Gasteiger partial charge is 0.280 e. The van der Waals surface area contributed by atoms with E-state index in [0.717, 1.165) is 27.7 Å². The first-order chi connectivity index (χ1) is 13.5. The summed E-state index contributed by atoms with van der Waals surface area (Å²) in [5, 5.41) is 5.18. The third kappa shape index (κ3) is 3.34. The van der Waals surface area contributed by atoms with Crippen molar-refractivity contribution >= 4 is 33.6 Å². The third-order valence-electron chi connectivity index (χ3n) is 4.42. The molecule has 4 rings (SSSR count). The van der Waals surface area contributed by atoms with E-state index in [0.29, 0.717) is 23.6 Å². The van der Waals surface area contributed by atoms with E-state index in [-0.39, 0.29) is 11.5 Å². The van der Waals surface area contributed by atoms with Gasteiger partial charge in [-0.05, 0) is 45.0 Å². The Morgan fingerprint density at radius 3 is 2.29 bits per heavy atom. The van der Waals surface area contributed by atoms with Crippen LogP contribution in [0.25, 0.3) is 21.7 Å². The van der Waals surface area contributed by atoms with E-state index in [9.17, 15) is 4.79 Å². The first-order valence-corrected chi connectivity index (χ1v) is 9.01. The molecule has 0 saturated heterocycles. The summed E-state index contributed by atoms with van der Waals surface area (Å²) in [4.78, 5) is 30.0. The molecule has 28 heavy (non-hydrogen) atoms. The summed E-state index contributed by atoms with van der Waals surface area (Å²) in [7, 11) is 0. The second-order valence-electron chi connectivity index (χ2n) is 6.35. The number of benzene rings is 2. The summed E-state index contributed by atoms with van der Waals surface area (Å²) in [6, 6.07) is 13.0. The highest BCUT2D eigenvalue weighted by molar-refractivity contribution is 5.84. The molecule has 1 N–H and O–H groups in total. The summed E-state index contributed by atoms with van der Waals surface area (Å²) < 4.78 is 5.54. The zero-order chi connectivity index (χ0) is 19.7. The maximum absolute atomic E-state index is 12.5. The van der Waals surface area contributed by atoms with Gasteiger partial charge in [0.2, 0.25) is 11.9 Å². The average Bonchev–Trinajstić information content (AvgIpc) is 2.79. The number of hydrogen-bond acceptors (Lipinski definition) is 7. The molecule has 140 valence electrons. The first-order valence-electron chi connectivity index (χ1n) is 9.01. The highest BCUT2D eigenvalue weighted by atomic mass is 16.5. The summed E-state index contributed by atoms with van der Waals surface area (Å²) in [5.74, 6) is 1.28. The fourth-order valence-corrected chi connectivity index (χ4v) is 3.11. The Bertz CT molecular complexity index is 1260. The molecule has 0 saturated carbocycles. The van der Waals surface area contributed by atoms with Gasteiger partial charge in [0.15, 0.2) is 0 Å². The minimum atomic E-state index is -0.349. The van der Waals surface area contributed by atoms with E-state index < -0.39 is 0 Å². The van der Waals surface area contributed by atoms with E-state index in [1.54, 1.807) is 6.07 Å². The number of ether oxygens (including phenoxy) is 1. The normalized spacial score (nSPS) is 11.0. The van der Waals surface area contributed by atoms with Crippen LogP contribution in [0.15, 0.2) is 47.3 Å². The Morgan fingerprint density at radius 1 is 0.857 bits per heavy atom. The summed E-state index contributed by atoms with van der Waals surface area (Å²) in [5.41, 5.74) is 1.91. The predicted molar refractivity (Wildman–Crippen MR) is 109 cm³/mol. The van der Waals surface area contributed by atoms with Crippen LogP contribution in [0.5, 0.6) is 5.75 Å². The van der Waals surface area contributed by atoms with Gasteiger partial charge in [-0.25, -0.2) is 15.0 Å². The topological polar surface area (TPSA) is 89.9 Å². The van der Waals surface area contributed by atoms with Crippen molar-refractivity contribution in [2.45, 2.75) is 20.8 Å². The molecule has 4 aromatic rings. The molecule has 0 aliphatic heterocycles. The van der Waals surface area contributed by atoms with Crippen molar-refractivity contribution in [2.24, 2.45) is 0 Å². The Morgan fingerprint density at radius 2 is 1.54 bits per heavy atom. The van der Waals surface area contributed by atoms with E-state index >= 15 is 0 Å². The number of fused-ring (bicyclic) bond motifs is 2. The summed E-state index contributed by atoms with van der Waals surface area (Å²) in [6.07, 6.45) is 0. The Hall–Kier alpha value is -3.61. The van der Waals surface area contributed by atoms with Gasteiger partial charge >= 0.3 is 0 Å². The molecular formula is C21H19N5O2. The van der Waals surface area contributed by atoms with Crippen molar-refractivity contribution in [3.8, 4) is 5.75 Å². The van der Waals surface area contributed by atoms with Crippen LogP contribution in [0.4, 0.5) is 11.9 Å². The van der Waals surface area contributed by atoms with Crippen LogP contribution in [0.2, 0.25) is 0 Å². The largest absolute Gasteiger partial charge is 0.494 e. The molecule has 0 amide bonds. The first kappa shape index (κ1) is 17.8. The maximum Gasteiger partial charge on any atom is 0.280 e. The number of rotatable bonds is 4. The van der Waals surface area contributed by atoms with Crippen molar-refractivity contribution in [3.63, 3.8) is 0 Å². The van der Waals surface area contributed by atoms with Gasteiger partial charge in [0.05, 0.1) is 23.2 Å². The quantitative estimate of drug-likeness (QED) is 0.583. The van der Waals surface area contributed by atoms with E-state index in [1.807, 2.05) is 57.2 Å². The van der Waals surface area contributed by atoms with Gasteiger partial charge in [-0.2, -0.15) is 4.98 Å². The average molecular weight is 373 g/mol. The van der Waals surface area contributed by atoms with Crippen molar-refractivity contribution in [1.82, 2.24) is 19.9 Å². The number of hydrogen-bond donors (Lipinski definition) is 1. The molecule has 0 atom stereocenters. The highest BCUT2D eigenvalue weighted by Gasteiger charge is 2.09. The number of nitrogens with one attached hydrogen (secondary N) is 1. The van der Waals surface area contributed by atoms with Gasteiger partial charge in [0.25, 0.3) is 5.56 Å². The molecule has 2 heterocycles. The molecule has 2 aromatic heterocycles. The van der Waals surface area contributed by atoms with Crippen LogP contribution >= 0.6 is 0 Å². The van der Waals surface area contributed by atoms with E-state index in [2.05, 4.69) is 25.3 Å². The lowest BCUT2D eigenvalue weighted by Gasteiger charge is -2.08. The fourth-order valence-electron chi connectivity index (χ4n) is 3.11. The highest BCUT2D eigenvalue weighted by Crippen LogP contribution is 2.23. The summed E-state index contributed by atoms with van der Waals surface area (Å²) >= 11 is 0. The SMILES string of the molecule is CCOc1ccc2nc(Nc3nc(C)c4ccccc4c(=O)n3)nc(C)c2c1. The molecule has 0 bridgehead atoms. The molecule has 0 aliphatic rings. The Kier molecular flexibility index (Phi) is 4.57. The minimum Gasteiger partial charge on any atom is -0.494 e. The van der Waals surface area contributed by atoms with Crippen LogP contribution in [0, 0.1) is 13.8 Å². The van der Waals surface area contributed by atoms with Gasteiger partial charge in [-0.15, -0.1) is 0 Å². The molecule has 0 aliphatic carbocycles.